The van der Waals surface area contributed by atoms with Gasteiger partial charge in [-0.3, -0.25) is 10.1 Å². The second-order valence-electron chi connectivity index (χ2n) is 5.37. The molecule has 0 saturated carbocycles. The van der Waals surface area contributed by atoms with Gasteiger partial charge in [-0.05, 0) is 32.5 Å². The van der Waals surface area contributed by atoms with Gasteiger partial charge in [0.2, 0.25) is 5.82 Å². The number of pyridine rings is 1. The summed E-state index contributed by atoms with van der Waals surface area (Å²) in [6.45, 7) is 6.36. The lowest BCUT2D eigenvalue weighted by Crippen LogP contribution is -2.30. The number of hydrogen-bond donors (Lipinski definition) is 1. The summed E-state index contributed by atoms with van der Waals surface area (Å²) in [5.74, 6) is 1.19. The highest BCUT2D eigenvalue weighted by Crippen LogP contribution is 2.28. The lowest BCUT2D eigenvalue weighted by Gasteiger charge is -2.22. The van der Waals surface area contributed by atoms with E-state index in [2.05, 4.69) is 29.2 Å². The monoisotopic (exact) mass is 293 g/mol. The van der Waals surface area contributed by atoms with E-state index in [-0.39, 0.29) is 10.6 Å². The largest absolute Gasteiger partial charge is 0.370 e. The minimum atomic E-state index is -0.347. The second kappa shape index (κ2) is 7.21. The second-order valence-corrected chi connectivity index (χ2v) is 5.37. The average Bonchev–Trinajstić information content (AvgIpc) is 2.69. The highest BCUT2D eigenvalue weighted by molar-refractivity contribution is 5.62. The third kappa shape index (κ3) is 4.04. The standard InChI is InChI=1S/C14H23N5O2/c1-3-7-15-13-6-5-12(19(20)21)14(16-13)18-9-4-8-17(2)10-11-18/h5-6H,3-4,7-11H2,1-2H3,(H,15,16). The van der Waals surface area contributed by atoms with Crippen molar-refractivity contribution in [3.05, 3.63) is 22.2 Å². The van der Waals surface area contributed by atoms with Crippen molar-refractivity contribution < 1.29 is 4.92 Å². The Labute approximate surface area is 125 Å². The fourth-order valence-electron chi connectivity index (χ4n) is 2.43. The van der Waals surface area contributed by atoms with Gasteiger partial charge >= 0.3 is 5.69 Å². The van der Waals surface area contributed by atoms with E-state index < -0.39 is 0 Å². The van der Waals surface area contributed by atoms with Crippen molar-refractivity contribution in [3.63, 3.8) is 0 Å². The minimum Gasteiger partial charge on any atom is -0.370 e. The molecule has 1 fully saturated rings. The van der Waals surface area contributed by atoms with Crippen molar-refractivity contribution in [2.45, 2.75) is 19.8 Å². The van der Waals surface area contributed by atoms with E-state index in [1.807, 2.05) is 4.90 Å². The Kier molecular flexibility index (Phi) is 5.32. The molecule has 2 heterocycles. The van der Waals surface area contributed by atoms with Crippen molar-refractivity contribution in [1.29, 1.82) is 0 Å². The Morgan fingerprint density at radius 2 is 2.14 bits per heavy atom. The van der Waals surface area contributed by atoms with Crippen molar-refractivity contribution in [2.24, 2.45) is 0 Å². The van der Waals surface area contributed by atoms with Crippen molar-refractivity contribution in [3.8, 4) is 0 Å². The predicted octanol–water partition coefficient (Wildman–Crippen LogP) is 1.95. The van der Waals surface area contributed by atoms with Gasteiger partial charge in [0.05, 0.1) is 4.92 Å². The first kappa shape index (κ1) is 15.5. The van der Waals surface area contributed by atoms with Crippen LogP contribution in [0.3, 0.4) is 0 Å². The third-order valence-electron chi connectivity index (χ3n) is 3.63. The molecular weight excluding hydrogens is 270 g/mol. The fourth-order valence-corrected chi connectivity index (χ4v) is 2.43. The van der Waals surface area contributed by atoms with E-state index in [0.717, 1.165) is 45.6 Å². The van der Waals surface area contributed by atoms with Crippen LogP contribution in [0.2, 0.25) is 0 Å². The highest BCUT2D eigenvalue weighted by atomic mass is 16.6. The zero-order chi connectivity index (χ0) is 15.2. The number of nitrogens with one attached hydrogen (secondary N) is 1. The summed E-state index contributed by atoms with van der Waals surface area (Å²) in [4.78, 5) is 19.6. The minimum absolute atomic E-state index is 0.0848. The lowest BCUT2D eigenvalue weighted by atomic mass is 10.3. The summed E-state index contributed by atoms with van der Waals surface area (Å²) in [6.07, 6.45) is 1.98. The molecule has 7 heteroatoms. The molecule has 21 heavy (non-hydrogen) atoms. The summed E-state index contributed by atoms with van der Waals surface area (Å²) in [6, 6.07) is 3.23. The Morgan fingerprint density at radius 3 is 2.86 bits per heavy atom. The lowest BCUT2D eigenvalue weighted by molar-refractivity contribution is -0.384. The van der Waals surface area contributed by atoms with E-state index in [1.54, 1.807) is 12.1 Å². The van der Waals surface area contributed by atoms with Gasteiger partial charge in [-0.25, -0.2) is 4.98 Å². The van der Waals surface area contributed by atoms with E-state index in [9.17, 15) is 10.1 Å². The molecule has 1 aromatic rings. The Balaban J connectivity index is 2.26. The maximum atomic E-state index is 11.2. The summed E-state index contributed by atoms with van der Waals surface area (Å²) in [5.41, 5.74) is 0.0848. The van der Waals surface area contributed by atoms with Crippen LogP contribution in [-0.4, -0.2) is 54.6 Å². The molecule has 0 amide bonds. The molecular formula is C14H23N5O2. The summed E-state index contributed by atoms with van der Waals surface area (Å²) in [7, 11) is 2.07. The van der Waals surface area contributed by atoms with Crippen molar-refractivity contribution in [2.75, 3.05) is 50.0 Å². The first-order chi connectivity index (χ1) is 10.1. The molecule has 1 N–H and O–H groups in total. The topological polar surface area (TPSA) is 74.5 Å². The van der Waals surface area contributed by atoms with Crippen molar-refractivity contribution in [1.82, 2.24) is 9.88 Å². The smallest absolute Gasteiger partial charge is 0.311 e. The van der Waals surface area contributed by atoms with Crippen LogP contribution in [0.4, 0.5) is 17.3 Å². The van der Waals surface area contributed by atoms with E-state index in [0.29, 0.717) is 11.6 Å². The number of rotatable bonds is 5. The number of aromatic nitrogens is 1. The molecule has 1 aliphatic rings. The molecule has 116 valence electrons. The van der Waals surface area contributed by atoms with Gasteiger partial charge < -0.3 is 15.1 Å². The van der Waals surface area contributed by atoms with Crippen LogP contribution in [0.15, 0.2) is 12.1 Å². The van der Waals surface area contributed by atoms with Gasteiger partial charge in [0, 0.05) is 32.2 Å². The molecule has 1 saturated heterocycles. The Bertz CT molecular complexity index is 494. The predicted molar refractivity (Wildman–Crippen MR) is 84.0 cm³/mol. The number of anilines is 2. The molecule has 0 spiro atoms. The van der Waals surface area contributed by atoms with Crippen LogP contribution in [0.25, 0.3) is 0 Å². The van der Waals surface area contributed by atoms with Gasteiger partial charge in [-0.2, -0.15) is 0 Å². The van der Waals surface area contributed by atoms with E-state index >= 15 is 0 Å². The SMILES string of the molecule is CCCNc1ccc([N+](=O)[O-])c(N2CCCN(C)CC2)n1. The van der Waals surface area contributed by atoms with E-state index in [4.69, 9.17) is 0 Å². The summed E-state index contributed by atoms with van der Waals surface area (Å²) >= 11 is 0. The summed E-state index contributed by atoms with van der Waals surface area (Å²) < 4.78 is 0. The molecule has 7 nitrogen and oxygen atoms in total. The molecule has 0 atom stereocenters. The number of nitrogens with zero attached hydrogens (tertiary/aromatic N) is 4. The fraction of sp³-hybridized carbons (Fsp3) is 0.643. The van der Waals surface area contributed by atoms with Gasteiger partial charge in [-0.15, -0.1) is 0 Å². The molecule has 1 aliphatic heterocycles. The number of hydrogen-bond acceptors (Lipinski definition) is 6. The highest BCUT2D eigenvalue weighted by Gasteiger charge is 2.23. The molecule has 0 unspecified atom stereocenters. The van der Waals surface area contributed by atoms with Crippen LogP contribution in [0.1, 0.15) is 19.8 Å². The first-order valence-corrected chi connectivity index (χ1v) is 7.44. The average molecular weight is 293 g/mol. The molecule has 0 radical (unpaired) electrons. The van der Waals surface area contributed by atoms with Crippen LogP contribution < -0.4 is 10.2 Å². The zero-order valence-corrected chi connectivity index (χ0v) is 12.7. The first-order valence-electron chi connectivity index (χ1n) is 7.44. The van der Waals surface area contributed by atoms with Gasteiger partial charge in [0.1, 0.15) is 5.82 Å². The van der Waals surface area contributed by atoms with Gasteiger partial charge in [-0.1, -0.05) is 6.92 Å². The van der Waals surface area contributed by atoms with Crippen molar-refractivity contribution >= 4 is 17.3 Å². The third-order valence-corrected chi connectivity index (χ3v) is 3.63. The maximum Gasteiger partial charge on any atom is 0.311 e. The van der Waals surface area contributed by atoms with Gasteiger partial charge in [0.25, 0.3) is 0 Å². The van der Waals surface area contributed by atoms with Crippen LogP contribution in [0.5, 0.6) is 0 Å². The Morgan fingerprint density at radius 1 is 1.33 bits per heavy atom. The molecule has 2 rings (SSSR count). The molecule has 1 aromatic heterocycles. The van der Waals surface area contributed by atoms with Gasteiger partial charge in [0.15, 0.2) is 0 Å². The van der Waals surface area contributed by atoms with Crippen LogP contribution in [0, 0.1) is 10.1 Å². The molecule has 0 aliphatic carbocycles. The number of nitro groups is 1. The normalized spacial score (nSPS) is 16.6. The summed E-state index contributed by atoms with van der Waals surface area (Å²) in [5, 5.41) is 14.4. The quantitative estimate of drug-likeness (QED) is 0.660. The molecule has 0 bridgehead atoms. The van der Waals surface area contributed by atoms with Crippen LogP contribution >= 0.6 is 0 Å². The molecule has 0 aromatic carbocycles. The van der Waals surface area contributed by atoms with Crippen LogP contribution in [-0.2, 0) is 0 Å². The maximum absolute atomic E-state index is 11.2. The van der Waals surface area contributed by atoms with E-state index in [1.165, 1.54) is 0 Å². The Hall–Kier alpha value is -1.89. The zero-order valence-electron chi connectivity index (χ0n) is 12.7. The number of likely N-dealkylation sites (N-methyl/N-ethyl adjacent to an activating group) is 1.